The lowest BCUT2D eigenvalue weighted by Crippen LogP contribution is -1.94. The average molecular weight is 336 g/mol. The van der Waals surface area contributed by atoms with E-state index in [-0.39, 0.29) is 0 Å². The van der Waals surface area contributed by atoms with E-state index in [1.54, 1.807) is 0 Å². The molecular formula is C26H24. The smallest absolute Gasteiger partial charge is 0.0249 e. The Morgan fingerprint density at radius 3 is 1.27 bits per heavy atom. The minimum absolute atomic E-state index is 0.635. The van der Waals surface area contributed by atoms with Crippen molar-refractivity contribution in [3.05, 3.63) is 81.9 Å². The number of aryl methyl sites for hydroxylation is 2. The largest absolute Gasteiger partial charge is 0.0648 e. The zero-order valence-electron chi connectivity index (χ0n) is 15.6. The van der Waals surface area contributed by atoms with Gasteiger partial charge >= 0.3 is 0 Å². The van der Waals surface area contributed by atoms with Gasteiger partial charge in [-0.1, -0.05) is 59.1 Å². The second-order valence-electron chi connectivity index (χ2n) is 7.61. The highest BCUT2D eigenvalue weighted by atomic mass is 14.4. The molecule has 0 atom stereocenters. The number of rotatable bonds is 2. The van der Waals surface area contributed by atoms with Gasteiger partial charge < -0.3 is 0 Å². The maximum absolute atomic E-state index is 3.51. The van der Waals surface area contributed by atoms with E-state index in [9.17, 15) is 0 Å². The molecule has 2 aliphatic rings. The average Bonchev–Trinajstić information content (AvgIpc) is 3.54. The van der Waals surface area contributed by atoms with E-state index in [1.807, 2.05) is 0 Å². The van der Waals surface area contributed by atoms with E-state index in [0.717, 1.165) is 11.1 Å². The van der Waals surface area contributed by atoms with E-state index in [1.165, 1.54) is 48.0 Å². The Hall–Kier alpha value is -2.70. The summed E-state index contributed by atoms with van der Waals surface area (Å²) in [6, 6.07) is 17.0. The molecule has 128 valence electrons. The van der Waals surface area contributed by atoms with Crippen molar-refractivity contribution in [3.8, 4) is 23.7 Å². The normalized spacial score (nSPS) is 16.7. The van der Waals surface area contributed by atoms with Crippen LogP contribution in [0.15, 0.2) is 59.7 Å². The maximum atomic E-state index is 3.51. The quantitative estimate of drug-likeness (QED) is 0.606. The lowest BCUT2D eigenvalue weighted by Gasteiger charge is -2.03. The molecule has 2 fully saturated rings. The van der Waals surface area contributed by atoms with Crippen LogP contribution in [-0.4, -0.2) is 0 Å². The van der Waals surface area contributed by atoms with Crippen LogP contribution in [0.25, 0.3) is 0 Å². The molecule has 0 heteroatoms. The van der Waals surface area contributed by atoms with Crippen LogP contribution in [0, 0.1) is 49.4 Å². The summed E-state index contributed by atoms with van der Waals surface area (Å²) < 4.78 is 0. The van der Waals surface area contributed by atoms with Gasteiger partial charge in [0.05, 0.1) is 0 Å². The van der Waals surface area contributed by atoms with Gasteiger partial charge in [-0.05, 0) is 75.6 Å². The Bertz CT molecular complexity index is 858. The Morgan fingerprint density at radius 1 is 0.615 bits per heavy atom. The van der Waals surface area contributed by atoms with Crippen molar-refractivity contribution in [2.45, 2.75) is 39.5 Å². The topological polar surface area (TPSA) is 0 Å². The Balaban J connectivity index is 1.68. The second-order valence-corrected chi connectivity index (χ2v) is 7.61. The van der Waals surface area contributed by atoms with Gasteiger partial charge in [-0.25, -0.2) is 0 Å². The van der Waals surface area contributed by atoms with Crippen LogP contribution in [0.1, 0.15) is 47.9 Å². The number of benzene rings is 2. The molecule has 0 spiro atoms. The number of allylic oxidation sites excluding steroid dienone is 2. The predicted octanol–water partition coefficient (Wildman–Crippen LogP) is 5.82. The van der Waals surface area contributed by atoms with Gasteiger partial charge in [0.15, 0.2) is 0 Å². The summed E-state index contributed by atoms with van der Waals surface area (Å²) in [6.07, 6.45) is 5.06. The first-order valence-corrected chi connectivity index (χ1v) is 9.60. The molecule has 0 N–H and O–H groups in total. The van der Waals surface area contributed by atoms with Crippen LogP contribution >= 0.6 is 0 Å². The van der Waals surface area contributed by atoms with E-state index in [0.29, 0.717) is 11.8 Å². The first-order chi connectivity index (χ1) is 12.7. The van der Waals surface area contributed by atoms with E-state index in [2.05, 4.69) is 86.1 Å². The Kier molecular flexibility index (Phi) is 4.69. The minimum Gasteiger partial charge on any atom is -0.0648 e. The van der Waals surface area contributed by atoms with Crippen molar-refractivity contribution >= 4 is 0 Å². The summed E-state index contributed by atoms with van der Waals surface area (Å²) >= 11 is 0. The third-order valence-corrected chi connectivity index (χ3v) is 5.05. The first-order valence-electron chi connectivity index (χ1n) is 9.60. The van der Waals surface area contributed by atoms with Gasteiger partial charge in [0, 0.05) is 22.3 Å². The molecule has 2 saturated carbocycles. The lowest BCUT2D eigenvalue weighted by atomic mass is 9.99. The van der Waals surface area contributed by atoms with Crippen molar-refractivity contribution < 1.29 is 0 Å². The molecule has 4 rings (SSSR count). The SMILES string of the molecule is Cc1ccc(C#C/C(=C(\C#Cc2ccc(C)cc2)C2CC2)C2CC2)cc1. The van der Waals surface area contributed by atoms with Crippen molar-refractivity contribution in [2.75, 3.05) is 0 Å². The monoisotopic (exact) mass is 336 g/mol. The highest BCUT2D eigenvalue weighted by Gasteiger charge is 2.33. The molecule has 26 heavy (non-hydrogen) atoms. The summed E-state index contributed by atoms with van der Waals surface area (Å²) in [5.41, 5.74) is 7.36. The highest BCUT2D eigenvalue weighted by molar-refractivity contribution is 5.53. The van der Waals surface area contributed by atoms with E-state index >= 15 is 0 Å². The Morgan fingerprint density at radius 2 is 0.962 bits per heavy atom. The molecule has 0 aromatic heterocycles. The lowest BCUT2D eigenvalue weighted by molar-refractivity contribution is 0.969. The van der Waals surface area contributed by atoms with E-state index < -0.39 is 0 Å². The maximum Gasteiger partial charge on any atom is 0.0249 e. The van der Waals surface area contributed by atoms with Crippen LogP contribution in [0.5, 0.6) is 0 Å². The summed E-state index contributed by atoms with van der Waals surface area (Å²) in [6.45, 7) is 4.22. The molecule has 0 amide bonds. The van der Waals surface area contributed by atoms with Crippen molar-refractivity contribution in [1.29, 1.82) is 0 Å². The highest BCUT2D eigenvalue weighted by Crippen LogP contribution is 2.44. The Labute approximate surface area is 157 Å². The number of hydrogen-bond acceptors (Lipinski definition) is 0. The van der Waals surface area contributed by atoms with Gasteiger partial charge in [0.25, 0.3) is 0 Å². The van der Waals surface area contributed by atoms with Crippen molar-refractivity contribution in [1.82, 2.24) is 0 Å². The second kappa shape index (κ2) is 7.27. The fourth-order valence-corrected chi connectivity index (χ4v) is 3.08. The van der Waals surface area contributed by atoms with Crippen LogP contribution in [0.3, 0.4) is 0 Å². The first kappa shape index (κ1) is 16.8. The molecule has 0 nitrogen and oxygen atoms in total. The molecule has 0 aliphatic heterocycles. The molecule has 2 aliphatic carbocycles. The van der Waals surface area contributed by atoms with Crippen molar-refractivity contribution in [3.63, 3.8) is 0 Å². The molecule has 2 aromatic rings. The summed E-state index contributed by atoms with van der Waals surface area (Å²) in [5, 5.41) is 0. The zero-order chi connectivity index (χ0) is 17.9. The predicted molar refractivity (Wildman–Crippen MR) is 109 cm³/mol. The third kappa shape index (κ3) is 4.28. The van der Waals surface area contributed by atoms with Crippen molar-refractivity contribution in [2.24, 2.45) is 11.8 Å². The molecular weight excluding hydrogens is 312 g/mol. The molecule has 0 heterocycles. The van der Waals surface area contributed by atoms with Crippen LogP contribution in [0.4, 0.5) is 0 Å². The summed E-state index contributed by atoms with van der Waals surface area (Å²) in [5.74, 6) is 15.1. The zero-order valence-corrected chi connectivity index (χ0v) is 15.6. The van der Waals surface area contributed by atoms with Crippen LogP contribution in [-0.2, 0) is 0 Å². The van der Waals surface area contributed by atoms with Crippen LogP contribution < -0.4 is 0 Å². The van der Waals surface area contributed by atoms with Crippen LogP contribution in [0.2, 0.25) is 0 Å². The fraction of sp³-hybridized carbons (Fsp3) is 0.308. The molecule has 0 unspecified atom stereocenters. The summed E-state index contributed by atoms with van der Waals surface area (Å²) in [7, 11) is 0. The van der Waals surface area contributed by atoms with Gasteiger partial charge in [-0.15, -0.1) is 0 Å². The number of hydrogen-bond donors (Lipinski definition) is 0. The standard InChI is InChI=1S/C26H24/c1-19-3-7-21(8-4-19)11-17-25(23-13-14-23)26(24-15-16-24)18-12-22-9-5-20(2)6-10-22/h3-10,23-24H,13-16H2,1-2H3/b26-25-. The van der Waals surface area contributed by atoms with Gasteiger partial charge in [-0.3, -0.25) is 0 Å². The fourth-order valence-electron chi connectivity index (χ4n) is 3.08. The third-order valence-electron chi connectivity index (χ3n) is 5.05. The molecule has 2 aromatic carbocycles. The van der Waals surface area contributed by atoms with Gasteiger partial charge in [-0.2, -0.15) is 0 Å². The molecule has 0 bridgehead atoms. The van der Waals surface area contributed by atoms with Gasteiger partial charge in [0.1, 0.15) is 0 Å². The summed E-state index contributed by atoms with van der Waals surface area (Å²) in [4.78, 5) is 0. The molecule has 0 radical (unpaired) electrons. The molecule has 0 saturated heterocycles. The van der Waals surface area contributed by atoms with E-state index in [4.69, 9.17) is 0 Å². The van der Waals surface area contributed by atoms with Gasteiger partial charge in [0.2, 0.25) is 0 Å². The minimum atomic E-state index is 0.635.